The van der Waals surface area contributed by atoms with Crippen LogP contribution < -0.4 is 10.6 Å². The van der Waals surface area contributed by atoms with Crippen LogP contribution in [0.25, 0.3) is 0 Å². The largest absolute Gasteiger partial charge is 0.463 e. The standard InChI is InChI=1S/C26H35Cl2N5O4/c1-4-10-29-25(35)32-13-7-12-31(14-15-32)17-21-22(24(34)37-6-3)23(30-26(36)33(21)11-5-2)19-9-8-18(27)16-20(19)28/h5,8-9,16,23H,2,4,6-7,10-15,17H2,1,3H3,(H,29,35)(H,30,36)/t23-/m0/s1. The quantitative estimate of drug-likeness (QED) is 0.354. The molecule has 2 aliphatic heterocycles. The number of ether oxygens (including phenoxy) is 1. The molecule has 0 unspecified atom stereocenters. The van der Waals surface area contributed by atoms with E-state index in [0.717, 1.165) is 12.8 Å². The summed E-state index contributed by atoms with van der Waals surface area (Å²) in [7, 11) is 0. The molecule has 2 N–H and O–H groups in total. The minimum atomic E-state index is -0.810. The molecule has 1 atom stereocenters. The number of nitrogens with one attached hydrogen (secondary N) is 2. The van der Waals surface area contributed by atoms with Crippen molar-refractivity contribution in [2.75, 3.05) is 52.4 Å². The number of carbonyl (C=O) groups is 3. The summed E-state index contributed by atoms with van der Waals surface area (Å²) in [6, 6.07) is 3.70. The van der Waals surface area contributed by atoms with Gasteiger partial charge in [0.15, 0.2) is 0 Å². The second-order valence-corrected chi connectivity index (χ2v) is 9.72. The van der Waals surface area contributed by atoms with E-state index in [4.69, 9.17) is 27.9 Å². The first kappa shape index (κ1) is 28.8. The minimum absolute atomic E-state index is 0.0714. The van der Waals surface area contributed by atoms with Gasteiger partial charge < -0.3 is 20.3 Å². The van der Waals surface area contributed by atoms with E-state index in [0.29, 0.717) is 66.1 Å². The Morgan fingerprint density at radius 1 is 1.22 bits per heavy atom. The van der Waals surface area contributed by atoms with Crippen molar-refractivity contribution in [3.05, 3.63) is 57.7 Å². The monoisotopic (exact) mass is 551 g/mol. The number of amides is 4. The van der Waals surface area contributed by atoms with Gasteiger partial charge in [0, 0.05) is 61.6 Å². The van der Waals surface area contributed by atoms with E-state index in [-0.39, 0.29) is 25.2 Å². The second kappa shape index (κ2) is 13.7. The highest BCUT2D eigenvalue weighted by Crippen LogP contribution is 2.36. The van der Waals surface area contributed by atoms with Crippen molar-refractivity contribution in [2.24, 2.45) is 0 Å². The number of benzene rings is 1. The van der Waals surface area contributed by atoms with E-state index in [1.807, 2.05) is 11.8 Å². The van der Waals surface area contributed by atoms with Crippen LogP contribution in [0.3, 0.4) is 0 Å². The smallest absolute Gasteiger partial charge is 0.338 e. The zero-order chi connectivity index (χ0) is 26.9. The summed E-state index contributed by atoms with van der Waals surface area (Å²) in [6.07, 6.45) is 3.25. The molecule has 1 aromatic carbocycles. The van der Waals surface area contributed by atoms with Crippen LogP contribution in [-0.2, 0) is 9.53 Å². The molecule has 1 saturated heterocycles. The number of urea groups is 2. The van der Waals surface area contributed by atoms with E-state index < -0.39 is 12.0 Å². The maximum absolute atomic E-state index is 13.3. The molecule has 202 valence electrons. The fourth-order valence-electron chi connectivity index (χ4n) is 4.50. The summed E-state index contributed by atoms with van der Waals surface area (Å²) in [5.41, 5.74) is 1.39. The summed E-state index contributed by atoms with van der Waals surface area (Å²) >= 11 is 12.6. The van der Waals surface area contributed by atoms with Crippen molar-refractivity contribution in [1.29, 1.82) is 0 Å². The first-order valence-corrected chi connectivity index (χ1v) is 13.3. The Balaban J connectivity index is 1.98. The molecule has 0 bridgehead atoms. The summed E-state index contributed by atoms with van der Waals surface area (Å²) in [6.45, 7) is 11.3. The molecule has 37 heavy (non-hydrogen) atoms. The van der Waals surface area contributed by atoms with Gasteiger partial charge in [-0.25, -0.2) is 14.4 Å². The van der Waals surface area contributed by atoms with Crippen LogP contribution >= 0.6 is 23.2 Å². The van der Waals surface area contributed by atoms with Crippen LogP contribution in [0.5, 0.6) is 0 Å². The van der Waals surface area contributed by atoms with Crippen molar-refractivity contribution in [3.63, 3.8) is 0 Å². The molecule has 0 spiro atoms. The Labute approximate surface area is 228 Å². The van der Waals surface area contributed by atoms with Crippen LogP contribution in [0.2, 0.25) is 10.0 Å². The highest BCUT2D eigenvalue weighted by molar-refractivity contribution is 6.35. The number of esters is 1. The van der Waals surface area contributed by atoms with E-state index in [1.54, 1.807) is 31.2 Å². The van der Waals surface area contributed by atoms with Gasteiger partial charge in [0.25, 0.3) is 0 Å². The molecule has 3 rings (SSSR count). The van der Waals surface area contributed by atoms with Gasteiger partial charge in [-0.15, -0.1) is 6.58 Å². The Morgan fingerprint density at radius 3 is 2.68 bits per heavy atom. The predicted molar refractivity (Wildman–Crippen MR) is 145 cm³/mol. The number of halogens is 2. The Morgan fingerprint density at radius 2 is 2.00 bits per heavy atom. The van der Waals surface area contributed by atoms with Crippen LogP contribution in [-0.4, -0.2) is 85.2 Å². The number of hydrogen-bond acceptors (Lipinski definition) is 5. The van der Waals surface area contributed by atoms with Gasteiger partial charge in [-0.2, -0.15) is 0 Å². The normalized spacial score (nSPS) is 18.8. The lowest BCUT2D eigenvalue weighted by molar-refractivity contribution is -0.139. The topological polar surface area (TPSA) is 94.2 Å². The summed E-state index contributed by atoms with van der Waals surface area (Å²) in [5.74, 6) is -0.530. The average Bonchev–Trinajstić information content (AvgIpc) is 3.10. The zero-order valence-electron chi connectivity index (χ0n) is 21.4. The van der Waals surface area contributed by atoms with Crippen LogP contribution in [0, 0.1) is 0 Å². The molecule has 0 radical (unpaired) electrons. The lowest BCUT2D eigenvalue weighted by Crippen LogP contribution is -2.51. The molecule has 0 aliphatic carbocycles. The average molecular weight is 553 g/mol. The first-order valence-electron chi connectivity index (χ1n) is 12.6. The third-order valence-corrected chi connectivity index (χ3v) is 6.86. The third-order valence-electron chi connectivity index (χ3n) is 6.29. The highest BCUT2D eigenvalue weighted by atomic mass is 35.5. The van der Waals surface area contributed by atoms with Crippen molar-refractivity contribution >= 4 is 41.2 Å². The second-order valence-electron chi connectivity index (χ2n) is 8.88. The van der Waals surface area contributed by atoms with Gasteiger partial charge in [0.05, 0.1) is 18.2 Å². The molecule has 4 amide bonds. The zero-order valence-corrected chi connectivity index (χ0v) is 22.9. The molecule has 0 aromatic heterocycles. The van der Waals surface area contributed by atoms with Crippen molar-refractivity contribution in [1.82, 2.24) is 25.3 Å². The Kier molecular flexibility index (Phi) is 10.7. The lowest BCUT2D eigenvalue weighted by atomic mass is 9.94. The summed E-state index contributed by atoms with van der Waals surface area (Å²) in [4.78, 5) is 44.6. The molecule has 1 aromatic rings. The predicted octanol–water partition coefficient (Wildman–Crippen LogP) is 4.19. The minimum Gasteiger partial charge on any atom is -0.463 e. The number of carbonyl (C=O) groups excluding carboxylic acids is 3. The van der Waals surface area contributed by atoms with Gasteiger partial charge in [-0.1, -0.05) is 42.3 Å². The van der Waals surface area contributed by atoms with E-state index in [1.165, 1.54) is 4.90 Å². The van der Waals surface area contributed by atoms with Crippen LogP contribution in [0.15, 0.2) is 42.1 Å². The summed E-state index contributed by atoms with van der Waals surface area (Å²) < 4.78 is 5.44. The van der Waals surface area contributed by atoms with Gasteiger partial charge in [0.1, 0.15) is 0 Å². The van der Waals surface area contributed by atoms with Crippen LogP contribution in [0.4, 0.5) is 9.59 Å². The molecule has 9 nitrogen and oxygen atoms in total. The highest BCUT2D eigenvalue weighted by Gasteiger charge is 2.39. The van der Waals surface area contributed by atoms with Crippen molar-refractivity contribution in [3.8, 4) is 0 Å². The maximum atomic E-state index is 13.3. The van der Waals surface area contributed by atoms with Crippen LogP contribution in [0.1, 0.15) is 38.3 Å². The van der Waals surface area contributed by atoms with Gasteiger partial charge in [-0.3, -0.25) is 9.80 Å². The molecule has 2 aliphatic rings. The first-order chi connectivity index (χ1) is 17.8. The summed E-state index contributed by atoms with van der Waals surface area (Å²) in [5, 5.41) is 6.62. The maximum Gasteiger partial charge on any atom is 0.338 e. The Bertz CT molecular complexity index is 1050. The number of rotatable bonds is 9. The van der Waals surface area contributed by atoms with Gasteiger partial charge >= 0.3 is 18.0 Å². The van der Waals surface area contributed by atoms with Crippen molar-refractivity contribution < 1.29 is 19.1 Å². The van der Waals surface area contributed by atoms with Gasteiger partial charge in [-0.05, 0) is 37.5 Å². The molecule has 2 heterocycles. The fraction of sp³-hybridized carbons (Fsp3) is 0.500. The molecule has 1 fully saturated rings. The lowest BCUT2D eigenvalue weighted by Gasteiger charge is -2.38. The molecular formula is C26H35Cl2N5O4. The fourth-order valence-corrected chi connectivity index (χ4v) is 5.02. The van der Waals surface area contributed by atoms with E-state index in [2.05, 4.69) is 22.1 Å². The Hall–Kier alpha value is -2.75. The number of hydrogen-bond donors (Lipinski definition) is 2. The van der Waals surface area contributed by atoms with Crippen molar-refractivity contribution in [2.45, 2.75) is 32.7 Å². The van der Waals surface area contributed by atoms with Gasteiger partial charge in [0.2, 0.25) is 0 Å². The molecular weight excluding hydrogens is 517 g/mol. The van der Waals surface area contributed by atoms with E-state index in [9.17, 15) is 14.4 Å². The third kappa shape index (κ3) is 7.18. The van der Waals surface area contributed by atoms with E-state index >= 15 is 0 Å². The molecule has 11 heteroatoms. The molecule has 0 saturated carbocycles. The SMILES string of the molecule is C=CCN1C(=O)N[C@@H](c2ccc(Cl)cc2Cl)C(C(=O)OCC)=C1CN1CCCN(C(=O)NCCC)CC1. The number of nitrogens with zero attached hydrogens (tertiary/aromatic N) is 3.